The van der Waals surface area contributed by atoms with Gasteiger partial charge in [0.25, 0.3) is 5.91 Å². The summed E-state index contributed by atoms with van der Waals surface area (Å²) in [5, 5.41) is 24.7. The van der Waals surface area contributed by atoms with Gasteiger partial charge < -0.3 is 25.2 Å². The molecule has 2 heterocycles. The van der Waals surface area contributed by atoms with E-state index in [9.17, 15) is 9.90 Å². The number of halogens is 2. The van der Waals surface area contributed by atoms with Gasteiger partial charge >= 0.3 is 0 Å². The number of aliphatic hydroxyl groups excluding tert-OH is 1. The maximum absolute atomic E-state index is 12.5. The minimum absolute atomic E-state index is 0.0573. The molecular weight excluding hydrogens is 563 g/mol. The van der Waals surface area contributed by atoms with E-state index < -0.39 is 5.60 Å². The van der Waals surface area contributed by atoms with E-state index in [0.717, 1.165) is 17.7 Å². The Morgan fingerprint density at radius 3 is 2.56 bits per heavy atom. The lowest BCUT2D eigenvalue weighted by Gasteiger charge is -2.45. The average molecular weight is 602 g/mol. The number of benzene rings is 2. The van der Waals surface area contributed by atoms with E-state index in [2.05, 4.69) is 20.1 Å². The highest BCUT2D eigenvalue weighted by atomic mass is 35.5. The average Bonchev–Trinajstić information content (AvgIpc) is 2.96. The number of piperazine rings is 1. The summed E-state index contributed by atoms with van der Waals surface area (Å²) in [4.78, 5) is 21.4. The molecule has 3 aromatic rings. The van der Waals surface area contributed by atoms with Crippen molar-refractivity contribution in [1.29, 1.82) is 0 Å². The molecular formula is C31H38Cl2N4O4. The summed E-state index contributed by atoms with van der Waals surface area (Å²) >= 11 is 12.9. The van der Waals surface area contributed by atoms with Crippen LogP contribution in [0.5, 0.6) is 5.75 Å². The van der Waals surface area contributed by atoms with Crippen molar-refractivity contribution in [3.05, 3.63) is 87.7 Å². The number of β-amino-alcohol motifs (C(OH)–C–C–N with tert-alkyl or cyclic N) is 1. The number of aliphatic hydroxyl groups is 2. The molecule has 1 aliphatic rings. The predicted octanol–water partition coefficient (Wildman–Crippen LogP) is 5.06. The number of pyridine rings is 1. The molecule has 0 spiro atoms. The number of nitrogens with one attached hydrogen (secondary N) is 1. The summed E-state index contributed by atoms with van der Waals surface area (Å²) in [6.07, 6.45) is 2.36. The highest BCUT2D eigenvalue weighted by Crippen LogP contribution is 2.38. The number of hydrogen-bond acceptors (Lipinski definition) is 7. The maximum Gasteiger partial charge on any atom is 0.253 e. The van der Waals surface area contributed by atoms with Gasteiger partial charge in [0.15, 0.2) is 0 Å². The van der Waals surface area contributed by atoms with Crippen LogP contribution >= 0.6 is 23.2 Å². The molecule has 1 aliphatic heterocycles. The number of hydrogen-bond donors (Lipinski definition) is 3. The molecule has 1 fully saturated rings. The van der Waals surface area contributed by atoms with Crippen molar-refractivity contribution in [2.24, 2.45) is 0 Å². The highest BCUT2D eigenvalue weighted by molar-refractivity contribution is 6.33. The topological polar surface area (TPSA) is 98.2 Å². The van der Waals surface area contributed by atoms with E-state index in [1.54, 1.807) is 25.1 Å². The van der Waals surface area contributed by atoms with Gasteiger partial charge in [-0.3, -0.25) is 14.7 Å². The minimum atomic E-state index is -1.23. The molecule has 0 radical (unpaired) electrons. The molecule has 4 rings (SSSR count). The summed E-state index contributed by atoms with van der Waals surface area (Å²) in [6, 6.07) is 16.8. The van der Waals surface area contributed by atoms with Crippen LogP contribution < -0.4 is 15.0 Å². The number of nitrogens with zero attached hydrogens (tertiary/aromatic N) is 3. The van der Waals surface area contributed by atoms with E-state index in [-0.39, 0.29) is 31.2 Å². The van der Waals surface area contributed by atoms with E-state index in [4.69, 9.17) is 33.0 Å². The van der Waals surface area contributed by atoms with Gasteiger partial charge in [-0.05, 0) is 62.2 Å². The Morgan fingerprint density at radius 2 is 1.93 bits per heavy atom. The highest BCUT2D eigenvalue weighted by Gasteiger charge is 2.34. The van der Waals surface area contributed by atoms with E-state index in [1.165, 1.54) is 6.20 Å². The molecule has 1 amide bonds. The number of anilines is 1. The molecule has 1 saturated heterocycles. The molecule has 0 aliphatic carbocycles. The molecule has 1 aromatic heterocycles. The molecule has 3 atom stereocenters. The molecule has 3 N–H and O–H groups in total. The largest absolute Gasteiger partial charge is 0.491 e. The summed E-state index contributed by atoms with van der Waals surface area (Å²) in [5.74, 6) is 0.424. The van der Waals surface area contributed by atoms with E-state index in [1.807, 2.05) is 50.2 Å². The summed E-state index contributed by atoms with van der Waals surface area (Å²) < 4.78 is 5.53. The second-order valence-corrected chi connectivity index (χ2v) is 11.5. The molecule has 10 heteroatoms. The third-order valence-corrected chi connectivity index (χ3v) is 7.96. The SMILES string of the molecule is CCC(C)NC(=O)c1ccc([C@](C)(O)CN2CCN(c3ccc(OCCO)cc3Cl)[C@H](c3ccc(Cl)cc3)C2)nc1. The number of rotatable bonds is 11. The molecule has 220 valence electrons. The van der Waals surface area contributed by atoms with Gasteiger partial charge in [-0.25, -0.2) is 0 Å². The van der Waals surface area contributed by atoms with Crippen LogP contribution in [0.15, 0.2) is 60.8 Å². The van der Waals surface area contributed by atoms with Gasteiger partial charge in [0.05, 0.1) is 34.6 Å². The van der Waals surface area contributed by atoms with Gasteiger partial charge in [-0.15, -0.1) is 0 Å². The van der Waals surface area contributed by atoms with E-state index >= 15 is 0 Å². The predicted molar refractivity (Wildman–Crippen MR) is 163 cm³/mol. The maximum atomic E-state index is 12.5. The first kappa shape index (κ1) is 31.1. The van der Waals surface area contributed by atoms with Crippen LogP contribution in [-0.2, 0) is 5.60 Å². The minimum Gasteiger partial charge on any atom is -0.491 e. The normalized spacial score (nSPS) is 18.0. The van der Waals surface area contributed by atoms with Crippen LogP contribution in [0.2, 0.25) is 10.0 Å². The van der Waals surface area contributed by atoms with Crippen LogP contribution in [0.3, 0.4) is 0 Å². The van der Waals surface area contributed by atoms with Crippen LogP contribution in [0.25, 0.3) is 0 Å². The van der Waals surface area contributed by atoms with Crippen LogP contribution in [0.1, 0.15) is 54.8 Å². The summed E-state index contributed by atoms with van der Waals surface area (Å²) in [7, 11) is 0. The Kier molecular flexibility index (Phi) is 10.5. The fourth-order valence-corrected chi connectivity index (χ4v) is 5.39. The lowest BCUT2D eigenvalue weighted by molar-refractivity contribution is 0.00674. The first-order valence-corrected chi connectivity index (χ1v) is 14.6. The van der Waals surface area contributed by atoms with Crippen molar-refractivity contribution in [3.63, 3.8) is 0 Å². The second kappa shape index (κ2) is 13.9. The van der Waals surface area contributed by atoms with Gasteiger partial charge in [-0.1, -0.05) is 42.3 Å². The number of carbonyl (C=O) groups is 1. The molecule has 1 unspecified atom stereocenters. The zero-order valence-corrected chi connectivity index (χ0v) is 25.2. The quantitative estimate of drug-likeness (QED) is 0.283. The number of carbonyl (C=O) groups excluding carboxylic acids is 1. The van der Waals surface area contributed by atoms with Gasteiger partial charge in [0, 0.05) is 49.5 Å². The van der Waals surface area contributed by atoms with Crippen molar-refractivity contribution in [2.45, 2.75) is 44.9 Å². The Labute approximate surface area is 251 Å². The Bertz CT molecular complexity index is 1300. The molecule has 41 heavy (non-hydrogen) atoms. The van der Waals surface area contributed by atoms with Gasteiger partial charge in [0.2, 0.25) is 0 Å². The van der Waals surface area contributed by atoms with Crippen molar-refractivity contribution in [3.8, 4) is 5.75 Å². The second-order valence-electron chi connectivity index (χ2n) is 10.7. The van der Waals surface area contributed by atoms with Crippen molar-refractivity contribution < 1.29 is 19.7 Å². The van der Waals surface area contributed by atoms with Crippen molar-refractivity contribution >= 4 is 34.8 Å². The fourth-order valence-electron chi connectivity index (χ4n) is 4.99. The Hall–Kier alpha value is -2.88. The van der Waals surface area contributed by atoms with Crippen molar-refractivity contribution in [2.75, 3.05) is 44.3 Å². The lowest BCUT2D eigenvalue weighted by atomic mass is 9.97. The zero-order chi connectivity index (χ0) is 29.6. The van der Waals surface area contributed by atoms with Crippen molar-refractivity contribution in [1.82, 2.24) is 15.2 Å². The molecule has 8 nitrogen and oxygen atoms in total. The Balaban J connectivity index is 1.52. The first-order valence-electron chi connectivity index (χ1n) is 13.9. The Morgan fingerprint density at radius 1 is 1.17 bits per heavy atom. The van der Waals surface area contributed by atoms with Crippen LogP contribution in [-0.4, -0.2) is 71.4 Å². The standard InChI is InChI=1S/C31H38Cl2N4O4/c1-4-21(2)35-30(39)23-7-12-29(34-18-23)31(3,40)20-36-13-14-37(28(19-36)22-5-8-24(32)9-6-22)27-11-10-25(17-26(27)33)41-16-15-38/h5-12,17-18,21,28,38,40H,4,13-16,19-20H2,1-3H3,(H,35,39)/t21?,28-,31+/m0/s1. The van der Waals surface area contributed by atoms with E-state index in [0.29, 0.717) is 53.2 Å². The van der Waals surface area contributed by atoms with Crippen LogP contribution in [0, 0.1) is 0 Å². The number of amides is 1. The monoisotopic (exact) mass is 600 g/mol. The zero-order valence-electron chi connectivity index (χ0n) is 23.7. The molecule has 0 bridgehead atoms. The van der Waals surface area contributed by atoms with Crippen LogP contribution in [0.4, 0.5) is 5.69 Å². The molecule has 2 aromatic carbocycles. The lowest BCUT2D eigenvalue weighted by Crippen LogP contribution is -2.52. The number of aromatic nitrogens is 1. The van der Waals surface area contributed by atoms with Gasteiger partial charge in [0.1, 0.15) is 18.0 Å². The summed E-state index contributed by atoms with van der Waals surface area (Å²) in [6.45, 7) is 8.20. The number of ether oxygens (including phenoxy) is 1. The third-order valence-electron chi connectivity index (χ3n) is 7.41. The molecule has 0 saturated carbocycles. The third kappa shape index (κ3) is 7.90. The fraction of sp³-hybridized carbons (Fsp3) is 0.419. The smallest absolute Gasteiger partial charge is 0.253 e. The summed E-state index contributed by atoms with van der Waals surface area (Å²) in [5.41, 5.74) is 1.69. The first-order chi connectivity index (χ1) is 19.6. The van der Waals surface area contributed by atoms with Gasteiger partial charge in [-0.2, -0.15) is 0 Å².